The Balaban J connectivity index is 1.65. The summed E-state index contributed by atoms with van der Waals surface area (Å²) >= 11 is 0. The number of hydrogen-bond acceptors (Lipinski definition) is 7. The second-order valence-corrected chi connectivity index (χ2v) is 8.01. The molecule has 0 saturated carbocycles. The zero-order valence-corrected chi connectivity index (χ0v) is 19.9. The molecule has 9 heteroatoms. The van der Waals surface area contributed by atoms with E-state index in [4.69, 9.17) is 23.7 Å². The van der Waals surface area contributed by atoms with Crippen molar-refractivity contribution >= 4 is 11.8 Å². The van der Waals surface area contributed by atoms with Crippen molar-refractivity contribution in [2.75, 3.05) is 52.7 Å². The topological polar surface area (TPSA) is 104 Å². The van der Waals surface area contributed by atoms with E-state index in [1.807, 2.05) is 60.7 Å². The van der Waals surface area contributed by atoms with Crippen LogP contribution in [0.5, 0.6) is 0 Å². The summed E-state index contributed by atoms with van der Waals surface area (Å²) in [5.74, 6) is -0.538. The highest BCUT2D eigenvalue weighted by atomic mass is 16.6. The van der Waals surface area contributed by atoms with Crippen molar-refractivity contribution in [1.29, 1.82) is 0 Å². The van der Waals surface area contributed by atoms with Gasteiger partial charge in [0.25, 0.3) is 0 Å². The second-order valence-electron chi connectivity index (χ2n) is 8.01. The first-order valence-corrected chi connectivity index (χ1v) is 11.8. The maximum Gasteiger partial charge on any atom is 0.246 e. The van der Waals surface area contributed by atoms with Crippen molar-refractivity contribution in [2.24, 2.45) is 0 Å². The maximum atomic E-state index is 12.2. The van der Waals surface area contributed by atoms with E-state index < -0.39 is 12.2 Å². The fraction of sp³-hybridized carbons (Fsp3) is 0.462. The van der Waals surface area contributed by atoms with Crippen molar-refractivity contribution in [2.45, 2.75) is 25.4 Å². The summed E-state index contributed by atoms with van der Waals surface area (Å²) in [6, 6.07) is 19.5. The lowest BCUT2D eigenvalue weighted by atomic mass is 10.2. The number of carbonyl (C=O) groups is 2. The van der Waals surface area contributed by atoms with E-state index >= 15 is 0 Å². The van der Waals surface area contributed by atoms with Gasteiger partial charge in [0, 0.05) is 13.1 Å². The quantitative estimate of drug-likeness (QED) is 0.582. The number of hydrogen-bond donors (Lipinski definition) is 2. The van der Waals surface area contributed by atoms with Crippen LogP contribution >= 0.6 is 0 Å². The van der Waals surface area contributed by atoms with E-state index in [9.17, 15) is 9.59 Å². The molecule has 1 saturated heterocycles. The molecule has 0 unspecified atom stereocenters. The third-order valence-electron chi connectivity index (χ3n) is 5.20. The molecule has 1 fully saturated rings. The molecule has 2 atom stereocenters. The van der Waals surface area contributed by atoms with Gasteiger partial charge in [0.05, 0.1) is 39.6 Å². The van der Waals surface area contributed by atoms with Crippen LogP contribution in [0.1, 0.15) is 11.1 Å². The molecule has 190 valence electrons. The standard InChI is InChI=1S/C26H34N2O7/c29-25-19-34-23(17-32-15-21-7-3-1-4-8-21)24(18-33-16-22-9-5-2-6-10-22)35-20-26(30)28-12-14-31-13-11-27-25/h1-10,23-24H,11-20H2,(H,27,29)(H,28,30)/t23-,24-/m1/s1. The van der Waals surface area contributed by atoms with Crippen molar-refractivity contribution in [3.63, 3.8) is 0 Å². The highest BCUT2D eigenvalue weighted by Crippen LogP contribution is 2.11. The van der Waals surface area contributed by atoms with Gasteiger partial charge in [-0.15, -0.1) is 0 Å². The Morgan fingerprint density at radius 2 is 1.11 bits per heavy atom. The number of carbonyl (C=O) groups excluding carboxylic acids is 2. The molecule has 0 bridgehead atoms. The Labute approximate surface area is 206 Å². The zero-order chi connectivity index (χ0) is 24.6. The van der Waals surface area contributed by atoms with E-state index in [1.165, 1.54) is 0 Å². The lowest BCUT2D eigenvalue weighted by Gasteiger charge is -2.27. The van der Waals surface area contributed by atoms with E-state index in [0.717, 1.165) is 11.1 Å². The van der Waals surface area contributed by atoms with E-state index in [-0.39, 0.29) is 38.2 Å². The minimum absolute atomic E-state index is 0.159. The first kappa shape index (κ1) is 26.8. The predicted molar refractivity (Wildman–Crippen MR) is 129 cm³/mol. The van der Waals surface area contributed by atoms with Crippen molar-refractivity contribution in [3.8, 4) is 0 Å². The molecular weight excluding hydrogens is 452 g/mol. The smallest absolute Gasteiger partial charge is 0.246 e. The average molecular weight is 487 g/mol. The largest absolute Gasteiger partial charge is 0.378 e. The fourth-order valence-corrected chi connectivity index (χ4v) is 3.35. The molecule has 2 aromatic rings. The molecule has 2 N–H and O–H groups in total. The highest BCUT2D eigenvalue weighted by Gasteiger charge is 2.26. The van der Waals surface area contributed by atoms with Crippen molar-refractivity contribution in [3.05, 3.63) is 71.8 Å². The normalized spacial score (nSPS) is 20.8. The van der Waals surface area contributed by atoms with Crippen LogP contribution < -0.4 is 10.6 Å². The molecule has 9 nitrogen and oxygen atoms in total. The predicted octanol–water partition coefficient (Wildman–Crippen LogP) is 1.45. The summed E-state index contributed by atoms with van der Waals surface area (Å²) in [7, 11) is 0. The second kappa shape index (κ2) is 16.0. The molecule has 1 heterocycles. The summed E-state index contributed by atoms with van der Waals surface area (Å²) in [5.41, 5.74) is 2.03. The van der Waals surface area contributed by atoms with Crippen LogP contribution in [-0.4, -0.2) is 76.8 Å². The molecule has 2 amide bonds. The number of amides is 2. The number of nitrogens with one attached hydrogen (secondary N) is 2. The summed E-state index contributed by atoms with van der Waals surface area (Å²) in [5, 5.41) is 5.51. The molecule has 0 radical (unpaired) electrons. The Hall–Kier alpha value is -2.82. The van der Waals surface area contributed by atoms with E-state index in [2.05, 4.69) is 10.6 Å². The van der Waals surface area contributed by atoms with Crippen LogP contribution in [0.15, 0.2) is 60.7 Å². The van der Waals surface area contributed by atoms with Gasteiger partial charge in [0.2, 0.25) is 11.8 Å². The van der Waals surface area contributed by atoms with Gasteiger partial charge in [0.1, 0.15) is 25.4 Å². The summed E-state index contributed by atoms with van der Waals surface area (Å²) in [6.07, 6.45) is -1.26. The van der Waals surface area contributed by atoms with Crippen LogP contribution in [0.4, 0.5) is 0 Å². The monoisotopic (exact) mass is 486 g/mol. The first-order chi connectivity index (χ1) is 17.2. The van der Waals surface area contributed by atoms with Crippen molar-refractivity contribution < 1.29 is 33.3 Å². The van der Waals surface area contributed by atoms with Gasteiger partial charge in [-0.3, -0.25) is 9.59 Å². The van der Waals surface area contributed by atoms with Crippen LogP contribution in [0, 0.1) is 0 Å². The zero-order valence-electron chi connectivity index (χ0n) is 19.9. The van der Waals surface area contributed by atoms with Crippen LogP contribution in [0.25, 0.3) is 0 Å². The molecule has 3 rings (SSSR count). The number of benzene rings is 2. The third-order valence-corrected chi connectivity index (χ3v) is 5.20. The van der Waals surface area contributed by atoms with Gasteiger partial charge >= 0.3 is 0 Å². The Morgan fingerprint density at radius 1 is 0.686 bits per heavy atom. The van der Waals surface area contributed by atoms with Gasteiger partial charge in [-0.2, -0.15) is 0 Å². The molecule has 2 aromatic carbocycles. The minimum Gasteiger partial charge on any atom is -0.378 e. The summed E-state index contributed by atoms with van der Waals surface area (Å²) in [6.45, 7) is 2.11. The summed E-state index contributed by atoms with van der Waals surface area (Å²) in [4.78, 5) is 24.5. The SMILES string of the molecule is O=C1CO[C@H](COCc2ccccc2)[C@@H](COCc2ccccc2)OCC(=O)NCCOCCN1. The lowest BCUT2D eigenvalue weighted by molar-refractivity contribution is -0.153. The van der Waals surface area contributed by atoms with Gasteiger partial charge in [-0.25, -0.2) is 0 Å². The Bertz CT molecular complexity index is 795. The van der Waals surface area contributed by atoms with E-state index in [1.54, 1.807) is 0 Å². The fourth-order valence-electron chi connectivity index (χ4n) is 3.35. The minimum atomic E-state index is -0.630. The number of ether oxygens (including phenoxy) is 5. The first-order valence-electron chi connectivity index (χ1n) is 11.8. The molecule has 1 aliphatic heterocycles. The van der Waals surface area contributed by atoms with Crippen molar-refractivity contribution in [1.82, 2.24) is 10.6 Å². The third kappa shape index (κ3) is 11.0. The van der Waals surface area contributed by atoms with Gasteiger partial charge < -0.3 is 34.3 Å². The Kier molecular flexibility index (Phi) is 12.2. The Morgan fingerprint density at radius 3 is 1.54 bits per heavy atom. The van der Waals surface area contributed by atoms with Gasteiger partial charge in [0.15, 0.2) is 0 Å². The maximum absolute atomic E-state index is 12.2. The highest BCUT2D eigenvalue weighted by molar-refractivity contribution is 5.77. The average Bonchev–Trinajstić information content (AvgIpc) is 2.89. The molecule has 0 aromatic heterocycles. The molecule has 0 spiro atoms. The summed E-state index contributed by atoms with van der Waals surface area (Å²) < 4.78 is 29.0. The van der Waals surface area contributed by atoms with Crippen LogP contribution in [0.3, 0.4) is 0 Å². The number of rotatable bonds is 8. The van der Waals surface area contributed by atoms with E-state index in [0.29, 0.717) is 39.5 Å². The van der Waals surface area contributed by atoms with Crippen LogP contribution in [-0.2, 0) is 46.5 Å². The lowest BCUT2D eigenvalue weighted by Crippen LogP contribution is -2.43. The molecule has 0 aliphatic carbocycles. The van der Waals surface area contributed by atoms with Gasteiger partial charge in [-0.1, -0.05) is 60.7 Å². The molecule has 35 heavy (non-hydrogen) atoms. The molecule has 1 aliphatic rings. The molecular formula is C26H34N2O7. The van der Waals surface area contributed by atoms with Gasteiger partial charge in [-0.05, 0) is 11.1 Å². The van der Waals surface area contributed by atoms with Crippen LogP contribution in [0.2, 0.25) is 0 Å².